The smallest absolute Gasteiger partial charge is 0.246 e. The van der Waals surface area contributed by atoms with E-state index < -0.39 is 0 Å². The Morgan fingerprint density at radius 1 is 1.17 bits per heavy atom. The zero-order valence-electron chi connectivity index (χ0n) is 14.4. The van der Waals surface area contributed by atoms with Crippen molar-refractivity contribution in [1.29, 1.82) is 0 Å². The monoisotopic (exact) mass is 317 g/mol. The molecule has 1 aromatic rings. The van der Waals surface area contributed by atoms with Crippen LogP contribution in [0.3, 0.4) is 0 Å². The van der Waals surface area contributed by atoms with Crippen LogP contribution >= 0.6 is 0 Å². The van der Waals surface area contributed by atoms with Gasteiger partial charge in [0.1, 0.15) is 6.04 Å². The minimum Gasteiger partial charge on any atom is -0.347 e. The molecule has 2 amide bonds. The fourth-order valence-corrected chi connectivity index (χ4v) is 3.08. The minimum absolute atomic E-state index is 0.00737. The summed E-state index contributed by atoms with van der Waals surface area (Å²) in [5.74, 6) is -0.0119. The summed E-state index contributed by atoms with van der Waals surface area (Å²) in [6, 6.07) is 10.1. The number of amides is 2. The van der Waals surface area contributed by atoms with Crippen molar-refractivity contribution in [3.05, 3.63) is 35.9 Å². The van der Waals surface area contributed by atoms with Gasteiger partial charge in [0, 0.05) is 40.7 Å². The van der Waals surface area contributed by atoms with Gasteiger partial charge in [-0.15, -0.1) is 0 Å². The third-order valence-electron chi connectivity index (χ3n) is 4.38. The van der Waals surface area contributed by atoms with Crippen LogP contribution in [0.1, 0.15) is 18.9 Å². The number of carbonyl (C=O) groups is 2. The molecule has 0 saturated carbocycles. The summed E-state index contributed by atoms with van der Waals surface area (Å²) in [5, 5.41) is 0. The van der Waals surface area contributed by atoms with E-state index in [-0.39, 0.29) is 17.9 Å². The molecule has 23 heavy (non-hydrogen) atoms. The zero-order chi connectivity index (χ0) is 16.8. The molecule has 1 aliphatic rings. The van der Waals surface area contributed by atoms with Gasteiger partial charge < -0.3 is 9.80 Å². The second-order valence-electron chi connectivity index (χ2n) is 6.35. The molecule has 2 rings (SSSR count). The Morgan fingerprint density at radius 3 is 2.48 bits per heavy atom. The standard InChI is InChI=1S/C18H27N3O2/c1-15(22)21-13-12-20(14-17(21)18(23)19(2)3)11-7-10-16-8-5-4-6-9-16/h4-6,8-9,17H,7,10-14H2,1-3H3/t17-/m1/s1. The van der Waals surface area contributed by atoms with Gasteiger partial charge in [-0.3, -0.25) is 14.5 Å². The van der Waals surface area contributed by atoms with E-state index in [1.807, 2.05) is 6.07 Å². The van der Waals surface area contributed by atoms with E-state index in [0.717, 1.165) is 25.9 Å². The first-order valence-corrected chi connectivity index (χ1v) is 8.23. The molecule has 0 aliphatic carbocycles. The van der Waals surface area contributed by atoms with Crippen molar-refractivity contribution in [2.24, 2.45) is 0 Å². The van der Waals surface area contributed by atoms with Crippen molar-refractivity contribution in [3.8, 4) is 0 Å². The van der Waals surface area contributed by atoms with Gasteiger partial charge in [-0.1, -0.05) is 30.3 Å². The van der Waals surface area contributed by atoms with Crippen molar-refractivity contribution < 1.29 is 9.59 Å². The van der Waals surface area contributed by atoms with Gasteiger partial charge in [0.15, 0.2) is 0 Å². The van der Waals surface area contributed by atoms with Gasteiger partial charge in [0.2, 0.25) is 11.8 Å². The molecule has 1 heterocycles. The number of likely N-dealkylation sites (N-methyl/N-ethyl adjacent to an activating group) is 1. The predicted molar refractivity (Wildman–Crippen MR) is 91.1 cm³/mol. The number of rotatable bonds is 5. The van der Waals surface area contributed by atoms with Crippen LogP contribution in [0.2, 0.25) is 0 Å². The topological polar surface area (TPSA) is 43.9 Å². The molecule has 5 heteroatoms. The lowest BCUT2D eigenvalue weighted by atomic mass is 10.1. The van der Waals surface area contributed by atoms with Gasteiger partial charge >= 0.3 is 0 Å². The number of nitrogens with zero attached hydrogens (tertiary/aromatic N) is 3. The van der Waals surface area contributed by atoms with Crippen molar-refractivity contribution in [1.82, 2.24) is 14.7 Å². The Hall–Kier alpha value is -1.88. The number of hydrogen-bond acceptors (Lipinski definition) is 3. The molecule has 0 bridgehead atoms. The van der Waals surface area contributed by atoms with Crippen LogP contribution < -0.4 is 0 Å². The van der Waals surface area contributed by atoms with Crippen LogP contribution in [0, 0.1) is 0 Å². The minimum atomic E-state index is -0.354. The number of benzene rings is 1. The van der Waals surface area contributed by atoms with Gasteiger partial charge in [-0.2, -0.15) is 0 Å². The molecular weight excluding hydrogens is 290 g/mol. The molecule has 126 valence electrons. The average molecular weight is 317 g/mol. The summed E-state index contributed by atoms with van der Waals surface area (Å²) in [7, 11) is 3.49. The quantitative estimate of drug-likeness (QED) is 0.821. The van der Waals surface area contributed by atoms with Crippen LogP contribution in [-0.4, -0.2) is 72.8 Å². The molecule has 0 aromatic heterocycles. The molecule has 0 spiro atoms. The molecule has 1 atom stereocenters. The third-order valence-corrected chi connectivity index (χ3v) is 4.38. The highest BCUT2D eigenvalue weighted by Gasteiger charge is 2.34. The second kappa shape index (κ2) is 8.11. The lowest BCUT2D eigenvalue weighted by Gasteiger charge is -2.41. The Morgan fingerprint density at radius 2 is 1.87 bits per heavy atom. The molecular formula is C18H27N3O2. The number of hydrogen-bond donors (Lipinski definition) is 0. The SMILES string of the molecule is CC(=O)N1CCN(CCCc2ccccc2)C[C@@H]1C(=O)N(C)C. The van der Waals surface area contributed by atoms with Crippen molar-refractivity contribution in [3.63, 3.8) is 0 Å². The summed E-state index contributed by atoms with van der Waals surface area (Å²) in [6.45, 7) is 4.60. The fraction of sp³-hybridized carbons (Fsp3) is 0.556. The fourth-order valence-electron chi connectivity index (χ4n) is 3.08. The van der Waals surface area contributed by atoms with E-state index >= 15 is 0 Å². The number of aryl methyl sites for hydroxylation is 1. The number of piperazine rings is 1. The van der Waals surface area contributed by atoms with Crippen molar-refractivity contribution in [2.45, 2.75) is 25.8 Å². The van der Waals surface area contributed by atoms with E-state index in [0.29, 0.717) is 13.1 Å². The Labute approximate surface area is 138 Å². The Kier molecular flexibility index (Phi) is 6.16. The summed E-state index contributed by atoms with van der Waals surface area (Å²) in [4.78, 5) is 29.7. The van der Waals surface area contributed by atoms with E-state index in [2.05, 4.69) is 29.2 Å². The van der Waals surface area contributed by atoms with E-state index in [1.165, 1.54) is 5.56 Å². The summed E-state index contributed by atoms with van der Waals surface area (Å²) in [6.07, 6.45) is 2.10. The molecule has 0 unspecified atom stereocenters. The first kappa shape index (κ1) is 17.5. The van der Waals surface area contributed by atoms with Crippen LogP contribution in [0.5, 0.6) is 0 Å². The zero-order valence-corrected chi connectivity index (χ0v) is 14.4. The van der Waals surface area contributed by atoms with E-state index in [1.54, 1.807) is 30.8 Å². The predicted octanol–water partition coefficient (Wildman–Crippen LogP) is 1.24. The Bertz CT molecular complexity index is 530. The molecule has 1 saturated heterocycles. The van der Waals surface area contributed by atoms with Gasteiger partial charge in [0.25, 0.3) is 0 Å². The van der Waals surface area contributed by atoms with Gasteiger partial charge in [-0.25, -0.2) is 0 Å². The molecule has 1 fully saturated rings. The second-order valence-corrected chi connectivity index (χ2v) is 6.35. The van der Waals surface area contributed by atoms with E-state index in [4.69, 9.17) is 0 Å². The molecule has 1 aliphatic heterocycles. The number of carbonyl (C=O) groups excluding carboxylic acids is 2. The van der Waals surface area contributed by atoms with Crippen LogP contribution in [0.15, 0.2) is 30.3 Å². The molecule has 0 radical (unpaired) electrons. The summed E-state index contributed by atoms with van der Waals surface area (Å²) in [5.41, 5.74) is 1.34. The average Bonchev–Trinajstić information content (AvgIpc) is 2.54. The van der Waals surface area contributed by atoms with Gasteiger partial charge in [0.05, 0.1) is 0 Å². The van der Waals surface area contributed by atoms with Crippen molar-refractivity contribution in [2.75, 3.05) is 40.3 Å². The summed E-state index contributed by atoms with van der Waals surface area (Å²) < 4.78 is 0. The Balaban J connectivity index is 1.89. The molecule has 0 N–H and O–H groups in total. The largest absolute Gasteiger partial charge is 0.347 e. The lowest BCUT2D eigenvalue weighted by Crippen LogP contribution is -2.60. The van der Waals surface area contributed by atoms with Crippen LogP contribution in [0.25, 0.3) is 0 Å². The highest BCUT2D eigenvalue weighted by molar-refractivity contribution is 5.87. The molecule has 1 aromatic carbocycles. The van der Waals surface area contributed by atoms with Crippen LogP contribution in [0.4, 0.5) is 0 Å². The third kappa shape index (κ3) is 4.79. The van der Waals surface area contributed by atoms with Crippen LogP contribution in [-0.2, 0) is 16.0 Å². The highest BCUT2D eigenvalue weighted by atomic mass is 16.2. The highest BCUT2D eigenvalue weighted by Crippen LogP contribution is 2.13. The maximum Gasteiger partial charge on any atom is 0.246 e. The maximum absolute atomic E-state index is 12.4. The van der Waals surface area contributed by atoms with E-state index in [9.17, 15) is 9.59 Å². The van der Waals surface area contributed by atoms with Gasteiger partial charge in [-0.05, 0) is 24.9 Å². The summed E-state index contributed by atoms with van der Waals surface area (Å²) >= 11 is 0. The maximum atomic E-state index is 12.4. The van der Waals surface area contributed by atoms with Crippen molar-refractivity contribution >= 4 is 11.8 Å². The molecule has 5 nitrogen and oxygen atoms in total. The lowest BCUT2D eigenvalue weighted by molar-refractivity contribution is -0.146. The normalized spacial score (nSPS) is 18.7. The first-order chi connectivity index (χ1) is 11.0. The first-order valence-electron chi connectivity index (χ1n) is 8.23.